The van der Waals surface area contributed by atoms with E-state index in [1.54, 1.807) is 6.26 Å². The van der Waals surface area contributed by atoms with Gasteiger partial charge in [-0.1, -0.05) is 18.2 Å². The van der Waals surface area contributed by atoms with Crippen molar-refractivity contribution in [3.8, 4) is 5.75 Å². The van der Waals surface area contributed by atoms with Crippen LogP contribution in [0.25, 0.3) is 0 Å². The topological polar surface area (TPSA) is 51.9 Å². The summed E-state index contributed by atoms with van der Waals surface area (Å²) in [6.07, 6.45) is 3.32. The molecule has 1 aromatic carbocycles. The minimum Gasteiger partial charge on any atom is -0.484 e. The Morgan fingerprint density at radius 1 is 1.13 bits per heavy atom. The zero-order chi connectivity index (χ0) is 15.9. The van der Waals surface area contributed by atoms with Crippen molar-refractivity contribution in [1.82, 2.24) is 4.90 Å². The Labute approximate surface area is 135 Å². The van der Waals surface area contributed by atoms with Crippen LogP contribution >= 0.6 is 0 Å². The lowest BCUT2D eigenvalue weighted by Crippen LogP contribution is -2.44. The molecule has 5 nitrogen and oxygen atoms in total. The molecular weight excluding hydrogens is 294 g/mol. The van der Waals surface area contributed by atoms with E-state index in [2.05, 4.69) is 0 Å². The van der Waals surface area contributed by atoms with Crippen molar-refractivity contribution in [2.75, 3.05) is 19.8 Å². The molecule has 1 aliphatic rings. The molecule has 0 N–H and O–H groups in total. The molecule has 3 rings (SSSR count). The van der Waals surface area contributed by atoms with Crippen molar-refractivity contribution >= 4 is 5.91 Å². The standard InChI is InChI=1S/C18H21NO4/c20-18(14-23-16-5-2-1-3-6-16)19(13-17-7-4-10-22-17)15-8-11-21-12-9-15/h1-7,10,15H,8-9,11-14H2. The summed E-state index contributed by atoms with van der Waals surface area (Å²) in [5.41, 5.74) is 0. The van der Waals surface area contributed by atoms with E-state index in [9.17, 15) is 4.79 Å². The number of benzene rings is 1. The van der Waals surface area contributed by atoms with Gasteiger partial charge in [0.05, 0.1) is 12.8 Å². The van der Waals surface area contributed by atoms with Gasteiger partial charge >= 0.3 is 0 Å². The van der Waals surface area contributed by atoms with Crippen LogP contribution in [0, 0.1) is 0 Å². The van der Waals surface area contributed by atoms with Crippen LogP contribution in [-0.4, -0.2) is 36.7 Å². The lowest BCUT2D eigenvalue weighted by Gasteiger charge is -2.33. The fourth-order valence-electron chi connectivity index (χ4n) is 2.73. The molecule has 0 spiro atoms. The molecule has 0 atom stereocenters. The number of hydrogen-bond donors (Lipinski definition) is 0. The summed E-state index contributed by atoms with van der Waals surface area (Å²) in [5.74, 6) is 1.45. The van der Waals surface area contributed by atoms with Crippen molar-refractivity contribution in [2.45, 2.75) is 25.4 Å². The SMILES string of the molecule is O=C(COc1ccccc1)N(Cc1ccco1)C1CCOCC1. The summed E-state index contributed by atoms with van der Waals surface area (Å²) >= 11 is 0. The molecule has 0 radical (unpaired) electrons. The predicted octanol–water partition coefficient (Wildman–Crippen LogP) is 2.87. The summed E-state index contributed by atoms with van der Waals surface area (Å²) in [7, 11) is 0. The van der Waals surface area contributed by atoms with Crippen LogP contribution in [0.15, 0.2) is 53.1 Å². The van der Waals surface area contributed by atoms with Crippen LogP contribution in [0.2, 0.25) is 0 Å². The van der Waals surface area contributed by atoms with Crippen LogP contribution in [-0.2, 0) is 16.1 Å². The number of carbonyl (C=O) groups excluding carboxylic acids is 1. The van der Waals surface area contributed by atoms with Gasteiger partial charge in [0.2, 0.25) is 0 Å². The second-order valence-corrected chi connectivity index (χ2v) is 5.55. The van der Waals surface area contributed by atoms with Crippen molar-refractivity contribution in [2.24, 2.45) is 0 Å². The molecule has 1 saturated heterocycles. The molecule has 0 bridgehead atoms. The zero-order valence-corrected chi connectivity index (χ0v) is 13.0. The van der Waals surface area contributed by atoms with Crippen LogP contribution in [0.3, 0.4) is 0 Å². The molecule has 2 aromatic rings. The number of carbonyl (C=O) groups is 1. The smallest absolute Gasteiger partial charge is 0.261 e. The summed E-state index contributed by atoms with van der Waals surface area (Å²) in [5, 5.41) is 0. The average molecular weight is 315 g/mol. The third kappa shape index (κ3) is 4.36. The molecule has 0 saturated carbocycles. The highest BCUT2D eigenvalue weighted by Crippen LogP contribution is 2.19. The Morgan fingerprint density at radius 3 is 2.61 bits per heavy atom. The fourth-order valence-corrected chi connectivity index (χ4v) is 2.73. The van der Waals surface area contributed by atoms with E-state index in [0.717, 1.165) is 18.6 Å². The molecule has 122 valence electrons. The number of ether oxygens (including phenoxy) is 2. The Morgan fingerprint density at radius 2 is 1.91 bits per heavy atom. The van der Waals surface area contributed by atoms with Gasteiger partial charge in [-0.2, -0.15) is 0 Å². The highest BCUT2D eigenvalue weighted by Gasteiger charge is 2.26. The summed E-state index contributed by atoms with van der Waals surface area (Å²) in [6.45, 7) is 1.87. The first-order valence-corrected chi connectivity index (χ1v) is 7.90. The van der Waals surface area contributed by atoms with Gasteiger partial charge in [-0.15, -0.1) is 0 Å². The molecule has 0 unspecified atom stereocenters. The second-order valence-electron chi connectivity index (χ2n) is 5.55. The first-order chi connectivity index (χ1) is 11.3. The minimum atomic E-state index is -0.0304. The fraction of sp³-hybridized carbons (Fsp3) is 0.389. The van der Waals surface area contributed by atoms with E-state index in [-0.39, 0.29) is 18.6 Å². The average Bonchev–Trinajstić information content (AvgIpc) is 3.12. The molecule has 23 heavy (non-hydrogen) atoms. The van der Waals surface area contributed by atoms with Gasteiger partial charge in [-0.05, 0) is 37.1 Å². The van der Waals surface area contributed by atoms with Gasteiger partial charge in [-0.25, -0.2) is 0 Å². The number of furan rings is 1. The Balaban J connectivity index is 1.64. The molecule has 0 aliphatic carbocycles. The molecule has 1 aliphatic heterocycles. The summed E-state index contributed by atoms with van der Waals surface area (Å²) in [4.78, 5) is 14.5. The highest BCUT2D eigenvalue weighted by molar-refractivity contribution is 5.78. The first-order valence-electron chi connectivity index (χ1n) is 7.90. The molecular formula is C18H21NO4. The molecule has 1 amide bonds. The number of para-hydroxylation sites is 1. The number of amides is 1. The van der Waals surface area contributed by atoms with Crippen molar-refractivity contribution in [3.05, 3.63) is 54.5 Å². The van der Waals surface area contributed by atoms with Gasteiger partial charge in [0.1, 0.15) is 11.5 Å². The third-order valence-electron chi connectivity index (χ3n) is 3.96. The van der Waals surface area contributed by atoms with E-state index in [0.29, 0.717) is 25.5 Å². The van der Waals surface area contributed by atoms with Crippen molar-refractivity contribution in [3.63, 3.8) is 0 Å². The zero-order valence-electron chi connectivity index (χ0n) is 13.0. The van der Waals surface area contributed by atoms with Gasteiger partial charge < -0.3 is 18.8 Å². The lowest BCUT2D eigenvalue weighted by atomic mass is 10.1. The predicted molar refractivity (Wildman–Crippen MR) is 85.0 cm³/mol. The highest BCUT2D eigenvalue weighted by atomic mass is 16.5. The van der Waals surface area contributed by atoms with Gasteiger partial charge in [0.15, 0.2) is 6.61 Å². The van der Waals surface area contributed by atoms with Gasteiger partial charge in [0.25, 0.3) is 5.91 Å². The van der Waals surface area contributed by atoms with Crippen molar-refractivity contribution in [1.29, 1.82) is 0 Å². The first kappa shape index (κ1) is 15.6. The Hall–Kier alpha value is -2.27. The summed E-state index contributed by atoms with van der Waals surface area (Å²) < 4.78 is 16.4. The maximum absolute atomic E-state index is 12.7. The van der Waals surface area contributed by atoms with Crippen LogP contribution in [0.1, 0.15) is 18.6 Å². The quantitative estimate of drug-likeness (QED) is 0.822. The number of hydrogen-bond acceptors (Lipinski definition) is 4. The van der Waals surface area contributed by atoms with Crippen molar-refractivity contribution < 1.29 is 18.7 Å². The molecule has 2 heterocycles. The second kappa shape index (κ2) is 7.83. The van der Waals surface area contributed by atoms with Crippen LogP contribution in [0.4, 0.5) is 0 Å². The Kier molecular flexibility index (Phi) is 5.32. The lowest BCUT2D eigenvalue weighted by molar-refractivity contribution is -0.138. The molecule has 5 heteroatoms. The largest absolute Gasteiger partial charge is 0.484 e. The van der Waals surface area contributed by atoms with E-state index >= 15 is 0 Å². The molecule has 1 fully saturated rings. The van der Waals surface area contributed by atoms with E-state index in [1.807, 2.05) is 47.4 Å². The van der Waals surface area contributed by atoms with Crippen LogP contribution in [0.5, 0.6) is 5.75 Å². The number of rotatable bonds is 6. The van der Waals surface area contributed by atoms with E-state index in [1.165, 1.54) is 0 Å². The maximum Gasteiger partial charge on any atom is 0.261 e. The normalized spacial score (nSPS) is 15.3. The van der Waals surface area contributed by atoms with Gasteiger partial charge in [-0.3, -0.25) is 4.79 Å². The minimum absolute atomic E-state index is 0.0298. The molecule has 1 aromatic heterocycles. The number of nitrogens with zero attached hydrogens (tertiary/aromatic N) is 1. The van der Waals surface area contributed by atoms with Gasteiger partial charge in [0, 0.05) is 19.3 Å². The maximum atomic E-state index is 12.7. The third-order valence-corrected chi connectivity index (χ3v) is 3.96. The summed E-state index contributed by atoms with van der Waals surface area (Å²) in [6, 6.07) is 13.3. The monoisotopic (exact) mass is 315 g/mol. The van der Waals surface area contributed by atoms with E-state index < -0.39 is 0 Å². The van der Waals surface area contributed by atoms with Crippen LogP contribution < -0.4 is 4.74 Å². The Bertz CT molecular complexity index is 591. The van der Waals surface area contributed by atoms with E-state index in [4.69, 9.17) is 13.9 Å².